The van der Waals surface area contributed by atoms with E-state index in [1.165, 1.54) is 7.11 Å². The van der Waals surface area contributed by atoms with E-state index < -0.39 is 24.3 Å². The number of hydrogen-bond donors (Lipinski definition) is 1. The minimum atomic E-state index is -0.812. The van der Waals surface area contributed by atoms with E-state index in [1.807, 2.05) is 6.92 Å². The van der Waals surface area contributed by atoms with Gasteiger partial charge in [-0.2, -0.15) is 0 Å². The van der Waals surface area contributed by atoms with Crippen molar-refractivity contribution in [1.29, 1.82) is 0 Å². The molecule has 0 radical (unpaired) electrons. The average Bonchev–Trinajstić information content (AvgIpc) is 2.61. The van der Waals surface area contributed by atoms with Crippen LogP contribution in [-0.2, 0) is 16.1 Å². The van der Waals surface area contributed by atoms with E-state index in [2.05, 4.69) is 5.32 Å². The Morgan fingerprint density at radius 3 is 2.68 bits per heavy atom. The number of piperazine rings is 1. The first kappa shape index (κ1) is 19.4. The number of rotatable bonds is 7. The van der Waals surface area contributed by atoms with Crippen LogP contribution in [0.15, 0.2) is 12.1 Å². The highest BCUT2D eigenvalue weighted by Crippen LogP contribution is 2.22. The molecule has 0 bridgehead atoms. The molecule has 2 rings (SSSR count). The molecule has 0 aliphatic carbocycles. The first-order chi connectivity index (χ1) is 12.1. The van der Waals surface area contributed by atoms with Gasteiger partial charge in [-0.25, -0.2) is 13.6 Å². The van der Waals surface area contributed by atoms with Crippen molar-refractivity contribution < 1.29 is 27.8 Å². The van der Waals surface area contributed by atoms with Gasteiger partial charge in [0.05, 0.1) is 12.2 Å². The zero-order chi connectivity index (χ0) is 18.2. The van der Waals surface area contributed by atoms with Gasteiger partial charge in [-0.15, -0.1) is 0 Å². The number of benzene rings is 1. The van der Waals surface area contributed by atoms with Gasteiger partial charge in [0.25, 0.3) is 0 Å². The van der Waals surface area contributed by atoms with Crippen LogP contribution in [0.5, 0.6) is 5.75 Å². The van der Waals surface area contributed by atoms with Gasteiger partial charge in [0.2, 0.25) is 0 Å². The Balaban J connectivity index is 1.96. The van der Waals surface area contributed by atoms with Crippen molar-refractivity contribution in [1.82, 2.24) is 10.2 Å². The quantitative estimate of drug-likeness (QED) is 0.758. The highest BCUT2D eigenvalue weighted by atomic mass is 19.1. The maximum absolute atomic E-state index is 14.1. The molecule has 1 atom stereocenters. The second kappa shape index (κ2) is 9.53. The summed E-state index contributed by atoms with van der Waals surface area (Å²) in [5, 5.41) is 3.20. The molecule has 140 valence electrons. The standard InChI is InChI=1S/C17H24F2N2O4/c1-3-12-10-20-4-5-21(12)17(22)25-11-14-15(18)8-13(9-16(14)19)24-7-6-23-2/h8-9,12,20H,3-7,10-11H2,1-2H3. The Hall–Kier alpha value is -1.93. The average molecular weight is 358 g/mol. The molecular formula is C17H24F2N2O4. The SMILES string of the molecule is CCC1CNCCN1C(=O)OCc1c(F)cc(OCCOC)cc1F. The molecular weight excluding hydrogens is 334 g/mol. The van der Waals surface area contributed by atoms with Crippen LogP contribution in [0.4, 0.5) is 13.6 Å². The second-order valence-electron chi connectivity index (χ2n) is 5.72. The van der Waals surface area contributed by atoms with Crippen LogP contribution in [0, 0.1) is 11.6 Å². The molecule has 1 fully saturated rings. The van der Waals surface area contributed by atoms with Gasteiger partial charge in [0, 0.05) is 44.9 Å². The third-order valence-corrected chi connectivity index (χ3v) is 4.07. The van der Waals surface area contributed by atoms with Gasteiger partial charge >= 0.3 is 6.09 Å². The monoisotopic (exact) mass is 358 g/mol. The molecule has 1 saturated heterocycles. The smallest absolute Gasteiger partial charge is 0.410 e. The van der Waals surface area contributed by atoms with Gasteiger partial charge in [-0.3, -0.25) is 0 Å². The van der Waals surface area contributed by atoms with E-state index in [0.29, 0.717) is 26.2 Å². The fourth-order valence-corrected chi connectivity index (χ4v) is 2.63. The molecule has 1 aliphatic heterocycles. The van der Waals surface area contributed by atoms with Crippen LogP contribution in [0.3, 0.4) is 0 Å². The molecule has 1 amide bonds. The number of hydrogen-bond acceptors (Lipinski definition) is 5. The number of carbonyl (C=O) groups is 1. The summed E-state index contributed by atoms with van der Waals surface area (Å²) in [5.41, 5.74) is -0.296. The predicted molar refractivity (Wildman–Crippen MR) is 87.6 cm³/mol. The van der Waals surface area contributed by atoms with Crippen LogP contribution >= 0.6 is 0 Å². The summed E-state index contributed by atoms with van der Waals surface area (Å²) in [6, 6.07) is 2.16. The third-order valence-electron chi connectivity index (χ3n) is 4.07. The first-order valence-corrected chi connectivity index (χ1v) is 8.30. The Morgan fingerprint density at radius 2 is 2.04 bits per heavy atom. The lowest BCUT2D eigenvalue weighted by molar-refractivity contribution is 0.0698. The summed E-state index contributed by atoms with van der Waals surface area (Å²) in [6.45, 7) is 3.87. The van der Waals surface area contributed by atoms with Crippen LogP contribution in [0.25, 0.3) is 0 Å². The van der Waals surface area contributed by atoms with E-state index in [1.54, 1.807) is 4.90 Å². The summed E-state index contributed by atoms with van der Waals surface area (Å²) in [5.74, 6) is -1.56. The van der Waals surface area contributed by atoms with Crippen LogP contribution in [0.1, 0.15) is 18.9 Å². The van der Waals surface area contributed by atoms with Gasteiger partial charge in [0.1, 0.15) is 30.6 Å². The number of amides is 1. The van der Waals surface area contributed by atoms with E-state index >= 15 is 0 Å². The zero-order valence-electron chi connectivity index (χ0n) is 14.5. The van der Waals surface area contributed by atoms with Gasteiger partial charge < -0.3 is 24.4 Å². The Kier molecular flexibility index (Phi) is 7.39. The lowest BCUT2D eigenvalue weighted by atomic mass is 10.1. The summed E-state index contributed by atoms with van der Waals surface area (Å²) in [6.07, 6.45) is 0.214. The fraction of sp³-hybridized carbons (Fsp3) is 0.588. The Morgan fingerprint density at radius 1 is 1.32 bits per heavy atom. The molecule has 25 heavy (non-hydrogen) atoms. The Bertz CT molecular complexity index is 563. The van der Waals surface area contributed by atoms with E-state index in [9.17, 15) is 13.6 Å². The topological polar surface area (TPSA) is 60.0 Å². The molecule has 1 unspecified atom stereocenters. The lowest BCUT2D eigenvalue weighted by Crippen LogP contribution is -2.53. The molecule has 0 saturated carbocycles. The first-order valence-electron chi connectivity index (χ1n) is 8.30. The van der Waals surface area contributed by atoms with Crippen LogP contribution < -0.4 is 10.1 Å². The van der Waals surface area contributed by atoms with Crippen LogP contribution in [0.2, 0.25) is 0 Å². The molecule has 6 nitrogen and oxygen atoms in total. The van der Waals surface area contributed by atoms with Gasteiger partial charge in [0.15, 0.2) is 0 Å². The van der Waals surface area contributed by atoms with Crippen molar-refractivity contribution in [2.75, 3.05) is 40.0 Å². The van der Waals surface area contributed by atoms with Crippen molar-refractivity contribution in [2.45, 2.75) is 26.0 Å². The number of nitrogens with zero attached hydrogens (tertiary/aromatic N) is 1. The van der Waals surface area contributed by atoms with E-state index in [4.69, 9.17) is 14.2 Å². The number of ether oxygens (including phenoxy) is 3. The molecule has 1 aliphatic rings. The minimum absolute atomic E-state index is 0.0208. The van der Waals surface area contributed by atoms with Gasteiger partial charge in [-0.05, 0) is 6.42 Å². The summed E-state index contributed by atoms with van der Waals surface area (Å²) >= 11 is 0. The van der Waals surface area contributed by atoms with Crippen molar-refractivity contribution in [2.24, 2.45) is 0 Å². The molecule has 0 spiro atoms. The highest BCUT2D eigenvalue weighted by Gasteiger charge is 2.26. The zero-order valence-corrected chi connectivity index (χ0v) is 14.5. The Labute approximate surface area is 146 Å². The minimum Gasteiger partial charge on any atom is -0.491 e. The van der Waals surface area contributed by atoms with E-state index in [-0.39, 0.29) is 24.0 Å². The van der Waals surface area contributed by atoms with Crippen molar-refractivity contribution in [3.05, 3.63) is 29.3 Å². The number of methoxy groups -OCH3 is 1. The summed E-state index contributed by atoms with van der Waals surface area (Å²) in [4.78, 5) is 13.8. The molecule has 0 aromatic heterocycles. The summed E-state index contributed by atoms with van der Waals surface area (Å²) < 4.78 is 43.3. The molecule has 8 heteroatoms. The second-order valence-corrected chi connectivity index (χ2v) is 5.72. The molecule has 1 N–H and O–H groups in total. The number of nitrogens with one attached hydrogen (secondary N) is 1. The maximum Gasteiger partial charge on any atom is 0.410 e. The van der Waals surface area contributed by atoms with Crippen molar-refractivity contribution in [3.8, 4) is 5.75 Å². The molecule has 1 aromatic carbocycles. The van der Waals surface area contributed by atoms with Gasteiger partial charge in [-0.1, -0.05) is 6.92 Å². The predicted octanol–water partition coefficient (Wildman–Crippen LogP) is 2.31. The van der Waals surface area contributed by atoms with Crippen LogP contribution in [-0.4, -0.2) is 57.0 Å². The molecule has 1 heterocycles. The highest BCUT2D eigenvalue weighted by molar-refractivity contribution is 5.68. The molecule has 1 aromatic rings. The van der Waals surface area contributed by atoms with Crippen molar-refractivity contribution in [3.63, 3.8) is 0 Å². The number of halogens is 2. The third kappa shape index (κ3) is 5.27. The van der Waals surface area contributed by atoms with Crippen molar-refractivity contribution >= 4 is 6.09 Å². The fourth-order valence-electron chi connectivity index (χ4n) is 2.63. The largest absolute Gasteiger partial charge is 0.491 e. The van der Waals surface area contributed by atoms with E-state index in [0.717, 1.165) is 18.6 Å². The normalized spacial score (nSPS) is 17.4. The lowest BCUT2D eigenvalue weighted by Gasteiger charge is -2.34. The number of carbonyl (C=O) groups excluding carboxylic acids is 1. The summed E-state index contributed by atoms with van der Waals surface area (Å²) in [7, 11) is 1.50. The maximum atomic E-state index is 14.1.